The van der Waals surface area contributed by atoms with Crippen LogP contribution in [-0.2, 0) is 0 Å². The number of aliphatic hydroxyl groups is 1. The van der Waals surface area contributed by atoms with Gasteiger partial charge in [-0.05, 0) is 12.5 Å². The lowest BCUT2D eigenvalue weighted by atomic mass is 10.2. The fourth-order valence-electron chi connectivity index (χ4n) is 1.60. The van der Waals surface area contributed by atoms with E-state index in [0.29, 0.717) is 24.4 Å². The van der Waals surface area contributed by atoms with Crippen molar-refractivity contribution in [1.29, 1.82) is 0 Å². The number of ether oxygens (including phenoxy) is 1. The van der Waals surface area contributed by atoms with Gasteiger partial charge in [-0.15, -0.1) is 0 Å². The van der Waals surface area contributed by atoms with E-state index in [1.165, 1.54) is 13.3 Å². The van der Waals surface area contributed by atoms with Crippen LogP contribution < -0.4 is 4.74 Å². The minimum atomic E-state index is -0.139. The third kappa shape index (κ3) is 3.42. The molecule has 0 bridgehead atoms. The molecule has 0 aliphatic carbocycles. The van der Waals surface area contributed by atoms with Crippen LogP contribution >= 0.6 is 0 Å². The van der Waals surface area contributed by atoms with Crippen LogP contribution in [0.4, 0.5) is 0 Å². The van der Waals surface area contributed by atoms with Crippen molar-refractivity contribution < 1.29 is 14.6 Å². The molecule has 1 rings (SSSR count). The predicted molar refractivity (Wildman–Crippen MR) is 64.1 cm³/mol. The molecule has 1 amide bonds. The van der Waals surface area contributed by atoms with Gasteiger partial charge in [0.1, 0.15) is 5.75 Å². The largest absolute Gasteiger partial charge is 0.494 e. The van der Waals surface area contributed by atoms with Gasteiger partial charge in [-0.25, -0.2) is 0 Å². The van der Waals surface area contributed by atoms with Crippen molar-refractivity contribution in [2.75, 3.05) is 26.8 Å². The van der Waals surface area contributed by atoms with E-state index >= 15 is 0 Å². The first-order valence-electron chi connectivity index (χ1n) is 5.62. The van der Waals surface area contributed by atoms with E-state index < -0.39 is 0 Å². The summed E-state index contributed by atoms with van der Waals surface area (Å²) in [5.74, 6) is 0.316. The first-order chi connectivity index (χ1) is 8.24. The summed E-state index contributed by atoms with van der Waals surface area (Å²) in [6, 6.07) is 1.63. The quantitative estimate of drug-likeness (QED) is 0.801. The molecule has 94 valence electrons. The van der Waals surface area contributed by atoms with Crippen molar-refractivity contribution in [2.24, 2.45) is 0 Å². The number of aromatic nitrogens is 1. The molecule has 0 unspecified atom stereocenters. The number of methoxy groups -OCH3 is 1. The maximum absolute atomic E-state index is 12.2. The third-order valence-electron chi connectivity index (χ3n) is 2.39. The third-order valence-corrected chi connectivity index (χ3v) is 2.39. The number of aliphatic hydroxyl groups excluding tert-OH is 1. The second-order valence-corrected chi connectivity index (χ2v) is 3.59. The lowest BCUT2D eigenvalue weighted by Gasteiger charge is -2.21. The monoisotopic (exact) mass is 238 g/mol. The Kier molecular flexibility index (Phi) is 5.42. The fourth-order valence-corrected chi connectivity index (χ4v) is 1.60. The molecule has 5 heteroatoms. The van der Waals surface area contributed by atoms with E-state index in [2.05, 4.69) is 4.98 Å². The number of hydrogen-bond acceptors (Lipinski definition) is 4. The molecule has 0 aliphatic rings. The zero-order valence-corrected chi connectivity index (χ0v) is 10.2. The summed E-state index contributed by atoms with van der Waals surface area (Å²) >= 11 is 0. The Hall–Kier alpha value is -1.62. The summed E-state index contributed by atoms with van der Waals surface area (Å²) in [7, 11) is 1.50. The topological polar surface area (TPSA) is 62.7 Å². The average Bonchev–Trinajstić information content (AvgIpc) is 2.37. The summed E-state index contributed by atoms with van der Waals surface area (Å²) < 4.78 is 5.10. The molecule has 1 aromatic heterocycles. The molecule has 0 spiro atoms. The van der Waals surface area contributed by atoms with Crippen molar-refractivity contribution in [3.8, 4) is 5.75 Å². The van der Waals surface area contributed by atoms with E-state index in [9.17, 15) is 4.79 Å². The van der Waals surface area contributed by atoms with Gasteiger partial charge in [-0.1, -0.05) is 6.92 Å². The van der Waals surface area contributed by atoms with E-state index in [1.54, 1.807) is 17.2 Å². The summed E-state index contributed by atoms with van der Waals surface area (Å²) in [6.07, 6.45) is 3.91. The van der Waals surface area contributed by atoms with Crippen LogP contribution in [0.1, 0.15) is 23.7 Å². The van der Waals surface area contributed by atoms with Crippen LogP contribution in [0, 0.1) is 0 Å². The fraction of sp³-hybridized carbons (Fsp3) is 0.500. The molecule has 0 fully saturated rings. The van der Waals surface area contributed by atoms with Crippen molar-refractivity contribution in [1.82, 2.24) is 9.88 Å². The normalized spacial score (nSPS) is 10.1. The predicted octanol–water partition coefficient (Wildman–Crippen LogP) is 0.935. The number of nitrogens with zero attached hydrogens (tertiary/aromatic N) is 2. The Labute approximate surface area is 101 Å². The summed E-state index contributed by atoms with van der Waals surface area (Å²) in [4.78, 5) is 17.7. The minimum Gasteiger partial charge on any atom is -0.494 e. The Bertz CT molecular complexity index is 363. The van der Waals surface area contributed by atoms with Crippen LogP contribution in [0.5, 0.6) is 5.75 Å². The van der Waals surface area contributed by atoms with Gasteiger partial charge in [0.25, 0.3) is 5.91 Å². The highest BCUT2D eigenvalue weighted by Crippen LogP contribution is 2.17. The molecule has 0 atom stereocenters. The van der Waals surface area contributed by atoms with Gasteiger partial charge in [0.2, 0.25) is 0 Å². The molecule has 1 heterocycles. The van der Waals surface area contributed by atoms with Gasteiger partial charge < -0.3 is 14.7 Å². The number of carbonyl (C=O) groups is 1. The number of pyridine rings is 1. The van der Waals surface area contributed by atoms with Crippen LogP contribution in [0.3, 0.4) is 0 Å². The molecule has 0 aliphatic heterocycles. The van der Waals surface area contributed by atoms with Crippen LogP contribution in [0.25, 0.3) is 0 Å². The average molecular weight is 238 g/mol. The highest BCUT2D eigenvalue weighted by Gasteiger charge is 2.18. The zero-order chi connectivity index (χ0) is 12.7. The van der Waals surface area contributed by atoms with Crippen molar-refractivity contribution in [3.05, 3.63) is 24.0 Å². The summed E-state index contributed by atoms with van der Waals surface area (Å²) in [5, 5.41) is 8.95. The smallest absolute Gasteiger partial charge is 0.257 e. The van der Waals surface area contributed by atoms with Gasteiger partial charge >= 0.3 is 0 Å². The van der Waals surface area contributed by atoms with Crippen molar-refractivity contribution in [2.45, 2.75) is 13.3 Å². The lowest BCUT2D eigenvalue weighted by molar-refractivity contribution is 0.0718. The van der Waals surface area contributed by atoms with Gasteiger partial charge in [0.05, 0.1) is 25.5 Å². The van der Waals surface area contributed by atoms with Gasteiger partial charge in [-0.2, -0.15) is 0 Å². The Morgan fingerprint density at radius 2 is 2.29 bits per heavy atom. The molecular formula is C12H18N2O3. The van der Waals surface area contributed by atoms with E-state index in [-0.39, 0.29) is 12.5 Å². The molecule has 0 saturated heterocycles. The maximum Gasteiger partial charge on any atom is 0.257 e. The summed E-state index contributed by atoms with van der Waals surface area (Å²) in [6.45, 7) is 2.89. The first kappa shape index (κ1) is 13.4. The standard InChI is InChI=1S/C12H18N2O3/c1-3-6-14(7-8-15)12(16)10-4-5-13-9-11(10)17-2/h4-5,9,15H,3,6-8H2,1-2H3. The Balaban J connectivity index is 2.92. The Morgan fingerprint density at radius 1 is 1.53 bits per heavy atom. The lowest BCUT2D eigenvalue weighted by Crippen LogP contribution is -2.34. The number of rotatable bonds is 6. The van der Waals surface area contributed by atoms with E-state index in [0.717, 1.165) is 6.42 Å². The highest BCUT2D eigenvalue weighted by atomic mass is 16.5. The molecular weight excluding hydrogens is 220 g/mol. The van der Waals surface area contributed by atoms with Gasteiger partial charge in [-0.3, -0.25) is 9.78 Å². The zero-order valence-electron chi connectivity index (χ0n) is 10.2. The molecule has 0 aromatic carbocycles. The number of amides is 1. The Morgan fingerprint density at radius 3 is 2.88 bits per heavy atom. The van der Waals surface area contributed by atoms with Crippen molar-refractivity contribution in [3.63, 3.8) is 0 Å². The van der Waals surface area contributed by atoms with Crippen LogP contribution in [-0.4, -0.2) is 47.7 Å². The van der Waals surface area contributed by atoms with Crippen LogP contribution in [0.15, 0.2) is 18.5 Å². The molecule has 5 nitrogen and oxygen atoms in total. The molecule has 17 heavy (non-hydrogen) atoms. The highest BCUT2D eigenvalue weighted by molar-refractivity contribution is 5.96. The van der Waals surface area contributed by atoms with E-state index in [1.807, 2.05) is 6.92 Å². The maximum atomic E-state index is 12.2. The summed E-state index contributed by atoms with van der Waals surface area (Å²) in [5.41, 5.74) is 0.476. The number of carbonyl (C=O) groups excluding carboxylic acids is 1. The second kappa shape index (κ2) is 6.85. The van der Waals surface area contributed by atoms with Gasteiger partial charge in [0, 0.05) is 19.3 Å². The van der Waals surface area contributed by atoms with Crippen LogP contribution in [0.2, 0.25) is 0 Å². The molecule has 0 radical (unpaired) electrons. The molecule has 0 saturated carbocycles. The van der Waals surface area contributed by atoms with Crippen molar-refractivity contribution >= 4 is 5.91 Å². The second-order valence-electron chi connectivity index (χ2n) is 3.59. The first-order valence-corrected chi connectivity index (χ1v) is 5.62. The SMILES string of the molecule is CCCN(CCO)C(=O)c1ccncc1OC. The molecule has 1 N–H and O–H groups in total. The molecule has 1 aromatic rings. The number of hydrogen-bond donors (Lipinski definition) is 1. The van der Waals surface area contributed by atoms with E-state index in [4.69, 9.17) is 9.84 Å². The van der Waals surface area contributed by atoms with Gasteiger partial charge in [0.15, 0.2) is 0 Å². The minimum absolute atomic E-state index is 0.0425.